The zero-order valence-corrected chi connectivity index (χ0v) is 62.1. The van der Waals surface area contributed by atoms with Gasteiger partial charge in [0.1, 0.15) is 219 Å². The minimum atomic E-state index is -2.38. The molecule has 45 atom stereocenters. The Hall–Kier alpha value is -4.29. The fourth-order valence-electron chi connectivity index (χ4n) is 15.0. The van der Waals surface area contributed by atoms with Crippen molar-refractivity contribution in [3.8, 4) is 0 Å². The van der Waals surface area contributed by atoms with Gasteiger partial charge in [-0.3, -0.25) is 24.0 Å². The number of ether oxygens (including phenoxy) is 17. The average molecular weight is 1680 g/mol. The lowest BCUT2D eigenvalue weighted by Crippen LogP contribution is -2.71. The molecule has 29 N–H and O–H groups in total. The maximum Gasteiger partial charge on any atom is 0.217 e. The minimum Gasteiger partial charge on any atom is -0.394 e. The summed E-state index contributed by atoms with van der Waals surface area (Å²) in [5.41, 5.74) is 0. The lowest BCUT2D eigenvalue weighted by Gasteiger charge is -2.51. The van der Waals surface area contributed by atoms with E-state index in [4.69, 9.17) is 80.5 Å². The van der Waals surface area contributed by atoms with Crippen LogP contribution in [0, 0.1) is 0 Å². The van der Waals surface area contributed by atoms with Crippen LogP contribution < -0.4 is 26.6 Å². The standard InChI is InChI=1S/C64H107N5O46/c1-15(79)65-29-39(89)49(26(12-76)104-57(29)112-52-33(69-19(5)83)56(98)99-21(7-71)35(52)85)109-62-45(95)54(37(87)22(8-72)101-62)114-59-31(67-17(3)81)41(91)51(28(14-78)106-59)111-64-47(97)55(38(88)24(10-74)103-64)115-60-32(68-18(4)82)42(92)50(27(13-77)107-60)110-63-46(96)53(36(86)23(9-73)102-63)113-58-30(66-16(2)80)40(90)48(25(11-75)105-58)108-61-44(94)43(93)34(84)20(6-70)100-61/h20-64,70-78,84-98H,6-14H2,1-5H3,(H,65,79)(H,66,80)(H,67,81)(H,68,82)(H,69,83)/t20-,21-,22-,23-,24-,25-,26-,27-,28-,29-,30-,31-,32-,33-,34+,35+,36+,37+,38+,39-,40-,41-,42-,43+,44-,45-,46-,47-,48-,49-,50-,51-,52-,53+,54+,55+,56+,57+,58+,59+,60+,61+,62+,63+,64+/m1/s1. The lowest BCUT2D eigenvalue weighted by molar-refractivity contribution is -0.389. The molecule has 5 amide bonds. The van der Waals surface area contributed by atoms with E-state index in [-0.39, 0.29) is 0 Å². The van der Waals surface area contributed by atoms with Gasteiger partial charge >= 0.3 is 0 Å². The van der Waals surface area contributed by atoms with Crippen molar-refractivity contribution in [2.24, 2.45) is 0 Å². The van der Waals surface area contributed by atoms with Crippen molar-refractivity contribution >= 4 is 29.5 Å². The Bertz CT molecular complexity index is 3100. The quantitative estimate of drug-likeness (QED) is 0.0318. The highest BCUT2D eigenvalue weighted by molar-refractivity contribution is 5.75. The number of hydrogen-bond donors (Lipinski definition) is 29. The Labute approximate surface area is 651 Å². The molecule has 0 aliphatic carbocycles. The first-order chi connectivity index (χ1) is 54.4. The molecule has 664 valence electrons. The van der Waals surface area contributed by atoms with E-state index in [9.17, 15) is 147 Å². The average Bonchev–Trinajstić information content (AvgIpc) is 0.772. The van der Waals surface area contributed by atoms with Crippen molar-refractivity contribution in [3.05, 3.63) is 0 Å². The van der Waals surface area contributed by atoms with E-state index in [2.05, 4.69) is 26.6 Å². The van der Waals surface area contributed by atoms with Crippen LogP contribution in [0.4, 0.5) is 0 Å². The van der Waals surface area contributed by atoms with E-state index in [1.807, 2.05) is 0 Å². The summed E-state index contributed by atoms with van der Waals surface area (Å²) in [7, 11) is 0. The molecule has 0 aromatic rings. The molecule has 0 aromatic carbocycles. The van der Waals surface area contributed by atoms with Crippen molar-refractivity contribution in [2.75, 3.05) is 59.5 Å². The van der Waals surface area contributed by atoms with E-state index < -0.39 is 365 Å². The second-order valence-electron chi connectivity index (χ2n) is 28.9. The molecule has 9 rings (SSSR count). The number of carbonyl (C=O) groups excluding carboxylic acids is 5. The first kappa shape index (κ1) is 94.6. The normalized spacial score (nSPS) is 47.9. The van der Waals surface area contributed by atoms with E-state index in [1.54, 1.807) is 0 Å². The first-order valence-corrected chi connectivity index (χ1v) is 36.6. The van der Waals surface area contributed by atoms with Gasteiger partial charge < -0.3 is 230 Å². The van der Waals surface area contributed by atoms with Crippen molar-refractivity contribution in [3.63, 3.8) is 0 Å². The van der Waals surface area contributed by atoms with Crippen LogP contribution in [0.1, 0.15) is 34.6 Å². The topological polar surface area (TPSA) is 788 Å². The number of aliphatic hydroxyl groups excluding tert-OH is 24. The zero-order valence-electron chi connectivity index (χ0n) is 62.1. The minimum absolute atomic E-state index is 0.763. The van der Waals surface area contributed by atoms with Crippen LogP contribution in [0.5, 0.6) is 0 Å². The molecular formula is C64H107N5O46. The number of aliphatic hydroxyl groups is 24. The molecule has 0 radical (unpaired) electrons. The Morgan fingerprint density at radius 2 is 0.400 bits per heavy atom. The molecule has 9 fully saturated rings. The van der Waals surface area contributed by atoms with Gasteiger partial charge in [0.05, 0.1) is 59.5 Å². The van der Waals surface area contributed by atoms with Gasteiger partial charge in [-0.15, -0.1) is 0 Å². The predicted octanol–water partition coefficient (Wildman–Crippen LogP) is -19.9. The van der Waals surface area contributed by atoms with Gasteiger partial charge in [-0.2, -0.15) is 0 Å². The van der Waals surface area contributed by atoms with Gasteiger partial charge in [-0.05, 0) is 0 Å². The highest BCUT2D eigenvalue weighted by atomic mass is 16.8. The van der Waals surface area contributed by atoms with Crippen LogP contribution in [0.2, 0.25) is 0 Å². The molecule has 0 aromatic heterocycles. The molecule has 51 heteroatoms. The maximum atomic E-state index is 13.0. The van der Waals surface area contributed by atoms with Crippen LogP contribution in [0.15, 0.2) is 0 Å². The molecule has 0 saturated carbocycles. The van der Waals surface area contributed by atoms with Gasteiger partial charge in [-0.1, -0.05) is 0 Å². The third kappa shape index (κ3) is 21.1. The van der Waals surface area contributed by atoms with Gasteiger partial charge in [0, 0.05) is 34.6 Å². The van der Waals surface area contributed by atoms with E-state index >= 15 is 0 Å². The van der Waals surface area contributed by atoms with Crippen molar-refractivity contribution in [1.82, 2.24) is 26.6 Å². The predicted molar refractivity (Wildman–Crippen MR) is 355 cm³/mol. The van der Waals surface area contributed by atoms with Crippen LogP contribution in [-0.2, 0) is 104 Å². The molecule has 9 saturated heterocycles. The van der Waals surface area contributed by atoms with E-state index in [1.165, 1.54) is 0 Å². The second-order valence-corrected chi connectivity index (χ2v) is 28.9. The number of hydrogen-bond acceptors (Lipinski definition) is 46. The Morgan fingerprint density at radius 1 is 0.209 bits per heavy atom. The molecule has 0 bridgehead atoms. The SMILES string of the molecule is CC(=O)N[C@@H]1[C@@H](O[C@@H]2O[C@H](CO)[C@@H](O[C@@H]3O[C@H](CO)[C@H](O)[C@H](O[C@@H]4O[C@H](CO)[C@@H](O[C@@H]5O[C@H](CO)[C@H](O)[C@H](O[C@@H]6O[C@H](CO)[C@@H](O[C@@H]7O[C@H](CO)[C@H](O)[C@H](O[C@@H]8O[C@H](CO)[C@@H](O[C@@H]9O[C@H](CO)[C@H](O)[C@H](O)[C@H]9O)[C@H](O)[C@H]8NC(C)=O)[C@H]7O)[C@H](O)[C@H]6NC(C)=O)[C@H]5O)[C@H](O)[C@H]4NC(C)=O)[C@H]3O)[C@H](O)[C@H]2NC(C)=O)[C@@H](O)[C@@H](CO)O[C@@H]1O. The Balaban J connectivity index is 0.896. The van der Waals surface area contributed by atoms with Crippen LogP contribution in [0.3, 0.4) is 0 Å². The summed E-state index contributed by atoms with van der Waals surface area (Å²) in [4.78, 5) is 63.5. The molecule has 9 aliphatic rings. The molecule has 0 unspecified atom stereocenters. The van der Waals surface area contributed by atoms with Gasteiger partial charge in [-0.25, -0.2) is 0 Å². The monoisotopic (exact) mass is 1680 g/mol. The van der Waals surface area contributed by atoms with Gasteiger partial charge in [0.2, 0.25) is 29.5 Å². The first-order valence-electron chi connectivity index (χ1n) is 36.6. The van der Waals surface area contributed by atoms with E-state index in [0.29, 0.717) is 0 Å². The smallest absolute Gasteiger partial charge is 0.217 e. The van der Waals surface area contributed by atoms with Crippen molar-refractivity contribution in [1.29, 1.82) is 0 Å². The molecule has 9 heterocycles. The number of rotatable bonds is 30. The number of nitrogens with one attached hydrogen (secondary N) is 5. The van der Waals surface area contributed by atoms with Crippen LogP contribution in [-0.4, -0.2) is 488 Å². The summed E-state index contributed by atoms with van der Waals surface area (Å²) in [5.74, 6) is -4.41. The molecular weight excluding hydrogens is 1570 g/mol. The van der Waals surface area contributed by atoms with Gasteiger partial charge in [0.25, 0.3) is 0 Å². The highest BCUT2D eigenvalue weighted by Crippen LogP contribution is 2.40. The van der Waals surface area contributed by atoms with E-state index in [0.717, 1.165) is 34.6 Å². The summed E-state index contributed by atoms with van der Waals surface area (Å²) in [6, 6.07) is -9.08. The summed E-state index contributed by atoms with van der Waals surface area (Å²) in [5, 5.41) is 278. The Kier molecular flexibility index (Phi) is 34.1. The maximum absolute atomic E-state index is 13.0. The summed E-state index contributed by atoms with van der Waals surface area (Å²) >= 11 is 0. The van der Waals surface area contributed by atoms with Crippen LogP contribution in [0.25, 0.3) is 0 Å². The fraction of sp³-hybridized carbons (Fsp3) is 0.922. The van der Waals surface area contributed by atoms with Gasteiger partial charge in [0.15, 0.2) is 56.6 Å². The molecule has 115 heavy (non-hydrogen) atoms. The summed E-state index contributed by atoms with van der Waals surface area (Å²) in [6.45, 7) is -4.74. The summed E-state index contributed by atoms with van der Waals surface area (Å²) < 4.78 is 99.5. The van der Waals surface area contributed by atoms with Crippen LogP contribution >= 0.6 is 0 Å². The molecule has 0 spiro atoms. The van der Waals surface area contributed by atoms with Crippen molar-refractivity contribution < 1.29 is 227 Å². The Morgan fingerprint density at radius 3 is 0.643 bits per heavy atom. The lowest BCUT2D eigenvalue weighted by atomic mass is 9.93. The zero-order chi connectivity index (χ0) is 84.8. The van der Waals surface area contributed by atoms with Crippen molar-refractivity contribution in [2.45, 2.75) is 311 Å². The summed E-state index contributed by atoms with van der Waals surface area (Å²) in [6.07, 6.45) is -80.2. The molecule has 9 aliphatic heterocycles. The largest absolute Gasteiger partial charge is 0.394 e. The second kappa shape index (κ2) is 41.5. The number of amides is 5. The molecule has 51 nitrogen and oxygen atoms in total. The number of carbonyl (C=O) groups is 5. The third-order valence-electron chi connectivity index (χ3n) is 20.8. The highest BCUT2D eigenvalue weighted by Gasteiger charge is 2.62. The third-order valence-corrected chi connectivity index (χ3v) is 20.8. The fourth-order valence-corrected chi connectivity index (χ4v) is 15.0.